The van der Waals surface area contributed by atoms with Crippen molar-refractivity contribution in [3.8, 4) is 0 Å². The van der Waals surface area contributed by atoms with Gasteiger partial charge in [-0.3, -0.25) is 4.79 Å². The lowest BCUT2D eigenvalue weighted by Crippen LogP contribution is -2.30. The predicted octanol–water partition coefficient (Wildman–Crippen LogP) is 3.97. The van der Waals surface area contributed by atoms with Gasteiger partial charge in [0, 0.05) is 21.9 Å². The number of amides is 1. The standard InChI is InChI=1S/C19H17NO3S2/c21-18(20-10-11-24-15-7-2-1-3-8-15)13-23-19(22)17-12-14-6-4-5-9-16(14)25-17/h1-9,12H,10-11,13H2,(H,20,21). The Balaban J connectivity index is 1.39. The van der Waals surface area contributed by atoms with E-state index in [9.17, 15) is 9.59 Å². The van der Waals surface area contributed by atoms with E-state index in [1.54, 1.807) is 17.8 Å². The Morgan fingerprint density at radius 3 is 2.60 bits per heavy atom. The molecule has 0 unspecified atom stereocenters. The van der Waals surface area contributed by atoms with Crippen molar-refractivity contribution in [2.75, 3.05) is 18.9 Å². The maximum atomic E-state index is 12.0. The summed E-state index contributed by atoms with van der Waals surface area (Å²) in [6.07, 6.45) is 0. The highest BCUT2D eigenvalue weighted by Crippen LogP contribution is 2.25. The number of ether oxygens (including phenoxy) is 1. The van der Waals surface area contributed by atoms with Crippen molar-refractivity contribution < 1.29 is 14.3 Å². The van der Waals surface area contributed by atoms with Crippen LogP contribution in [0.2, 0.25) is 0 Å². The minimum Gasteiger partial charge on any atom is -0.451 e. The van der Waals surface area contributed by atoms with E-state index in [0.29, 0.717) is 11.4 Å². The van der Waals surface area contributed by atoms with Crippen molar-refractivity contribution in [3.05, 3.63) is 65.5 Å². The first kappa shape index (κ1) is 17.5. The maximum Gasteiger partial charge on any atom is 0.348 e. The van der Waals surface area contributed by atoms with E-state index < -0.39 is 5.97 Å². The van der Waals surface area contributed by atoms with E-state index in [4.69, 9.17) is 4.74 Å². The minimum atomic E-state index is -0.463. The van der Waals surface area contributed by atoms with Crippen molar-refractivity contribution in [2.24, 2.45) is 0 Å². The molecule has 0 aliphatic rings. The van der Waals surface area contributed by atoms with E-state index in [1.165, 1.54) is 11.3 Å². The first-order chi connectivity index (χ1) is 12.2. The van der Waals surface area contributed by atoms with Crippen LogP contribution in [0, 0.1) is 0 Å². The number of rotatable bonds is 7. The molecule has 6 heteroatoms. The van der Waals surface area contributed by atoms with Crippen molar-refractivity contribution in [3.63, 3.8) is 0 Å². The summed E-state index contributed by atoms with van der Waals surface area (Å²) in [5, 5.41) is 3.75. The summed E-state index contributed by atoms with van der Waals surface area (Å²) in [5.74, 6) is 0.0122. The number of fused-ring (bicyclic) bond motifs is 1. The van der Waals surface area contributed by atoms with E-state index in [2.05, 4.69) is 5.32 Å². The van der Waals surface area contributed by atoms with Gasteiger partial charge in [-0.2, -0.15) is 0 Å². The van der Waals surface area contributed by atoms with Gasteiger partial charge in [0.1, 0.15) is 4.88 Å². The number of thiophene rings is 1. The zero-order valence-corrected chi connectivity index (χ0v) is 15.1. The van der Waals surface area contributed by atoms with Crippen LogP contribution >= 0.6 is 23.1 Å². The average Bonchev–Trinajstić information content (AvgIpc) is 3.08. The molecule has 0 atom stereocenters. The molecule has 1 aromatic heterocycles. The Bertz CT molecular complexity index is 828. The molecule has 1 amide bonds. The average molecular weight is 371 g/mol. The maximum absolute atomic E-state index is 12.0. The number of nitrogens with one attached hydrogen (secondary N) is 1. The van der Waals surface area contributed by atoms with Gasteiger partial charge in [0.2, 0.25) is 0 Å². The normalized spacial score (nSPS) is 10.6. The largest absolute Gasteiger partial charge is 0.451 e. The van der Waals surface area contributed by atoms with E-state index in [-0.39, 0.29) is 12.5 Å². The molecule has 3 rings (SSSR count). The van der Waals surface area contributed by atoms with Gasteiger partial charge in [0.15, 0.2) is 6.61 Å². The topological polar surface area (TPSA) is 55.4 Å². The fourth-order valence-electron chi connectivity index (χ4n) is 2.21. The molecule has 3 aromatic rings. The lowest BCUT2D eigenvalue weighted by atomic mass is 10.2. The highest BCUT2D eigenvalue weighted by Gasteiger charge is 2.13. The van der Waals surface area contributed by atoms with E-state index in [1.807, 2.05) is 54.6 Å². The smallest absolute Gasteiger partial charge is 0.348 e. The summed E-state index contributed by atoms with van der Waals surface area (Å²) in [6, 6.07) is 19.5. The van der Waals surface area contributed by atoms with Gasteiger partial charge >= 0.3 is 5.97 Å². The van der Waals surface area contributed by atoms with Gasteiger partial charge in [-0.15, -0.1) is 23.1 Å². The van der Waals surface area contributed by atoms with Crippen LogP contribution in [0.1, 0.15) is 9.67 Å². The van der Waals surface area contributed by atoms with Crippen LogP contribution < -0.4 is 5.32 Å². The molecule has 0 bridgehead atoms. The zero-order chi connectivity index (χ0) is 17.5. The van der Waals surface area contributed by atoms with Crippen LogP contribution in [0.25, 0.3) is 10.1 Å². The van der Waals surface area contributed by atoms with Crippen LogP contribution in [0.5, 0.6) is 0 Å². The van der Waals surface area contributed by atoms with Crippen molar-refractivity contribution in [1.29, 1.82) is 0 Å². The fraction of sp³-hybridized carbons (Fsp3) is 0.158. The highest BCUT2D eigenvalue weighted by molar-refractivity contribution is 7.99. The summed E-state index contributed by atoms with van der Waals surface area (Å²) < 4.78 is 6.11. The van der Waals surface area contributed by atoms with Crippen molar-refractivity contribution in [2.45, 2.75) is 4.90 Å². The molecule has 2 aromatic carbocycles. The second-order valence-electron chi connectivity index (χ2n) is 5.24. The summed E-state index contributed by atoms with van der Waals surface area (Å²) in [7, 11) is 0. The van der Waals surface area contributed by atoms with Crippen LogP contribution in [-0.2, 0) is 9.53 Å². The SMILES string of the molecule is O=C(COC(=O)c1cc2ccccc2s1)NCCSc1ccccc1. The molecule has 0 radical (unpaired) electrons. The molecule has 25 heavy (non-hydrogen) atoms. The Morgan fingerprint density at radius 1 is 1.04 bits per heavy atom. The number of carbonyl (C=O) groups is 2. The van der Waals surface area contributed by atoms with E-state index in [0.717, 1.165) is 20.7 Å². The molecule has 0 saturated carbocycles. The van der Waals surface area contributed by atoms with Gasteiger partial charge in [-0.05, 0) is 29.7 Å². The van der Waals surface area contributed by atoms with Crippen molar-refractivity contribution in [1.82, 2.24) is 5.32 Å². The number of thioether (sulfide) groups is 1. The second-order valence-corrected chi connectivity index (χ2v) is 7.49. The molecule has 0 spiro atoms. The van der Waals surface area contributed by atoms with E-state index >= 15 is 0 Å². The molecule has 0 saturated heterocycles. The van der Waals surface area contributed by atoms with Crippen LogP contribution in [0.4, 0.5) is 0 Å². The van der Waals surface area contributed by atoms with Crippen LogP contribution in [0.3, 0.4) is 0 Å². The molecule has 4 nitrogen and oxygen atoms in total. The number of esters is 1. The second kappa shape index (κ2) is 8.69. The quantitative estimate of drug-likeness (QED) is 0.388. The fourth-order valence-corrected chi connectivity index (χ4v) is 3.96. The summed E-state index contributed by atoms with van der Waals surface area (Å²) in [5.41, 5.74) is 0. The number of benzene rings is 2. The van der Waals surface area contributed by atoms with Crippen LogP contribution in [0.15, 0.2) is 65.6 Å². The Morgan fingerprint density at radius 2 is 1.80 bits per heavy atom. The molecule has 0 fully saturated rings. The van der Waals surface area contributed by atoms with Crippen molar-refractivity contribution >= 4 is 45.1 Å². The Labute approximate surface area is 154 Å². The lowest BCUT2D eigenvalue weighted by molar-refractivity contribution is -0.124. The van der Waals surface area contributed by atoms with Gasteiger partial charge in [-0.25, -0.2) is 4.79 Å². The lowest BCUT2D eigenvalue weighted by Gasteiger charge is -2.06. The summed E-state index contributed by atoms with van der Waals surface area (Å²) >= 11 is 3.03. The first-order valence-electron chi connectivity index (χ1n) is 7.82. The minimum absolute atomic E-state index is 0.261. The van der Waals surface area contributed by atoms with Gasteiger partial charge < -0.3 is 10.1 Å². The van der Waals surface area contributed by atoms with Gasteiger partial charge in [-0.1, -0.05) is 36.4 Å². The predicted molar refractivity (Wildman–Crippen MR) is 102 cm³/mol. The Hall–Kier alpha value is -2.31. The molecule has 0 aliphatic carbocycles. The third kappa shape index (κ3) is 5.08. The molecular formula is C19H17NO3S2. The van der Waals surface area contributed by atoms with Gasteiger partial charge in [0.25, 0.3) is 5.91 Å². The molecule has 0 aliphatic heterocycles. The molecular weight excluding hydrogens is 354 g/mol. The number of hydrogen-bond acceptors (Lipinski definition) is 5. The zero-order valence-electron chi connectivity index (χ0n) is 13.4. The number of carbonyl (C=O) groups excluding carboxylic acids is 2. The monoisotopic (exact) mass is 371 g/mol. The van der Waals surface area contributed by atoms with Gasteiger partial charge in [0.05, 0.1) is 0 Å². The molecule has 1 N–H and O–H groups in total. The van der Waals surface area contributed by atoms with Crippen LogP contribution in [-0.4, -0.2) is 30.8 Å². The number of hydrogen-bond donors (Lipinski definition) is 1. The first-order valence-corrected chi connectivity index (χ1v) is 9.63. The molecule has 128 valence electrons. The highest BCUT2D eigenvalue weighted by atomic mass is 32.2. The third-order valence-corrected chi connectivity index (χ3v) is 5.51. The molecule has 1 heterocycles. The summed E-state index contributed by atoms with van der Waals surface area (Å²) in [4.78, 5) is 25.5. The Kier molecular flexibility index (Phi) is 6.09. The third-order valence-electron chi connectivity index (χ3n) is 3.40. The summed E-state index contributed by atoms with van der Waals surface area (Å²) in [6.45, 7) is 0.266.